The molecular weight excluding hydrogens is 262 g/mol. The van der Waals surface area contributed by atoms with Crippen LogP contribution < -0.4 is 5.32 Å². The molecule has 0 amide bonds. The minimum Gasteiger partial charge on any atom is -0.477 e. The molecule has 7 heteroatoms. The van der Waals surface area contributed by atoms with Gasteiger partial charge in [-0.25, -0.2) is 4.79 Å². The Kier molecular flexibility index (Phi) is 5.45. The van der Waals surface area contributed by atoms with Gasteiger partial charge in [0, 0.05) is 30.9 Å². The van der Waals surface area contributed by atoms with Crippen molar-refractivity contribution >= 4 is 17.3 Å². The minimum absolute atomic E-state index is 0.308. The Bertz CT molecular complexity index is 502. The maximum atomic E-state index is 11.0. The highest BCUT2D eigenvalue weighted by atomic mass is 16.6. The second-order valence-corrected chi connectivity index (χ2v) is 4.80. The van der Waals surface area contributed by atoms with E-state index in [1.54, 1.807) is 0 Å². The van der Waals surface area contributed by atoms with E-state index < -0.39 is 16.6 Å². The van der Waals surface area contributed by atoms with Gasteiger partial charge in [0.15, 0.2) is 0 Å². The van der Waals surface area contributed by atoms with Crippen molar-refractivity contribution in [3.63, 3.8) is 0 Å². The standard InChI is InChI=1S/C13H19N3O4/c1-9(2)15(3)7-6-14-10-4-5-12(16(19)20)11(8-10)13(17)18/h4-5,8-9,14H,6-7H2,1-3H3,(H,17,18). The van der Waals surface area contributed by atoms with Crippen molar-refractivity contribution in [1.82, 2.24) is 4.90 Å². The van der Waals surface area contributed by atoms with Crippen LogP contribution >= 0.6 is 0 Å². The molecule has 7 nitrogen and oxygen atoms in total. The zero-order valence-corrected chi connectivity index (χ0v) is 11.8. The van der Waals surface area contributed by atoms with E-state index in [1.807, 2.05) is 7.05 Å². The molecule has 1 aromatic carbocycles. The topological polar surface area (TPSA) is 95.7 Å². The first kappa shape index (κ1) is 15.9. The van der Waals surface area contributed by atoms with Crippen LogP contribution in [-0.2, 0) is 0 Å². The zero-order valence-electron chi connectivity index (χ0n) is 11.8. The Labute approximate surface area is 117 Å². The molecular formula is C13H19N3O4. The third kappa shape index (κ3) is 4.20. The third-order valence-electron chi connectivity index (χ3n) is 3.10. The van der Waals surface area contributed by atoms with E-state index in [0.29, 0.717) is 18.3 Å². The van der Waals surface area contributed by atoms with E-state index in [0.717, 1.165) is 6.54 Å². The number of hydrogen-bond donors (Lipinski definition) is 2. The second-order valence-electron chi connectivity index (χ2n) is 4.80. The van der Waals surface area contributed by atoms with Gasteiger partial charge >= 0.3 is 5.97 Å². The van der Waals surface area contributed by atoms with E-state index in [4.69, 9.17) is 5.11 Å². The molecule has 20 heavy (non-hydrogen) atoms. The maximum Gasteiger partial charge on any atom is 0.342 e. The molecule has 0 saturated heterocycles. The molecule has 0 atom stereocenters. The van der Waals surface area contributed by atoms with Crippen LogP contribution in [0, 0.1) is 10.1 Å². The lowest BCUT2D eigenvalue weighted by Crippen LogP contribution is -2.31. The fourth-order valence-electron chi connectivity index (χ4n) is 1.61. The molecule has 0 aromatic heterocycles. The number of hydrogen-bond acceptors (Lipinski definition) is 5. The molecule has 0 bridgehead atoms. The molecule has 0 unspecified atom stereocenters. The molecule has 0 aliphatic rings. The molecule has 0 aliphatic heterocycles. The number of anilines is 1. The van der Waals surface area contributed by atoms with Crippen molar-refractivity contribution in [2.75, 3.05) is 25.5 Å². The Morgan fingerprint density at radius 2 is 2.15 bits per heavy atom. The van der Waals surface area contributed by atoms with Crippen LogP contribution in [0.5, 0.6) is 0 Å². The fourth-order valence-corrected chi connectivity index (χ4v) is 1.61. The first-order valence-corrected chi connectivity index (χ1v) is 6.28. The number of carboxylic acids is 1. The summed E-state index contributed by atoms with van der Waals surface area (Å²) < 4.78 is 0. The summed E-state index contributed by atoms with van der Waals surface area (Å²) in [5.74, 6) is -1.31. The molecule has 0 fully saturated rings. The smallest absolute Gasteiger partial charge is 0.342 e. The van der Waals surface area contributed by atoms with Crippen molar-refractivity contribution in [2.45, 2.75) is 19.9 Å². The highest BCUT2D eigenvalue weighted by Gasteiger charge is 2.19. The number of nitro benzene ring substituents is 1. The lowest BCUT2D eigenvalue weighted by atomic mass is 10.1. The van der Waals surface area contributed by atoms with Crippen molar-refractivity contribution in [1.29, 1.82) is 0 Å². The SMILES string of the molecule is CC(C)N(C)CCNc1ccc([N+](=O)[O-])c(C(=O)O)c1. The van der Waals surface area contributed by atoms with Crippen LogP contribution in [0.3, 0.4) is 0 Å². The summed E-state index contributed by atoms with van der Waals surface area (Å²) in [5.41, 5.74) is -0.148. The van der Waals surface area contributed by atoms with E-state index >= 15 is 0 Å². The van der Waals surface area contributed by atoms with Gasteiger partial charge in [-0.05, 0) is 33.0 Å². The summed E-state index contributed by atoms with van der Waals surface area (Å²) >= 11 is 0. The van der Waals surface area contributed by atoms with Gasteiger partial charge in [-0.15, -0.1) is 0 Å². The number of aromatic carboxylic acids is 1. The van der Waals surface area contributed by atoms with Crippen LogP contribution in [0.15, 0.2) is 18.2 Å². The van der Waals surface area contributed by atoms with Gasteiger partial charge in [0.1, 0.15) is 5.56 Å². The Balaban J connectivity index is 2.75. The maximum absolute atomic E-state index is 11.0. The van der Waals surface area contributed by atoms with Gasteiger partial charge in [0.05, 0.1) is 4.92 Å². The minimum atomic E-state index is -1.31. The van der Waals surface area contributed by atoms with E-state index in [2.05, 4.69) is 24.1 Å². The molecule has 110 valence electrons. The van der Waals surface area contributed by atoms with Crippen molar-refractivity contribution in [2.24, 2.45) is 0 Å². The van der Waals surface area contributed by atoms with Crippen molar-refractivity contribution in [3.05, 3.63) is 33.9 Å². The monoisotopic (exact) mass is 281 g/mol. The predicted octanol–water partition coefficient (Wildman–Crippen LogP) is 2.05. The molecule has 0 radical (unpaired) electrons. The second kappa shape index (κ2) is 6.85. The van der Waals surface area contributed by atoms with Crippen molar-refractivity contribution in [3.8, 4) is 0 Å². The molecule has 1 aromatic rings. The molecule has 1 rings (SSSR count). The first-order chi connectivity index (χ1) is 9.32. The number of likely N-dealkylation sites (N-methyl/N-ethyl adjacent to an activating group) is 1. The Hall–Kier alpha value is -2.15. The Morgan fingerprint density at radius 1 is 1.50 bits per heavy atom. The number of nitro groups is 1. The largest absolute Gasteiger partial charge is 0.477 e. The fraction of sp³-hybridized carbons (Fsp3) is 0.462. The molecule has 0 heterocycles. The molecule has 0 aliphatic carbocycles. The Morgan fingerprint density at radius 3 is 2.65 bits per heavy atom. The van der Waals surface area contributed by atoms with Crippen molar-refractivity contribution < 1.29 is 14.8 Å². The number of nitrogens with one attached hydrogen (secondary N) is 1. The van der Waals surface area contributed by atoms with Gasteiger partial charge in [-0.2, -0.15) is 0 Å². The van der Waals surface area contributed by atoms with Crippen LogP contribution in [-0.4, -0.2) is 47.1 Å². The summed E-state index contributed by atoms with van der Waals surface area (Å²) in [6.45, 7) is 5.57. The normalized spacial score (nSPS) is 10.8. The van der Waals surface area contributed by atoms with Gasteiger partial charge in [-0.1, -0.05) is 0 Å². The van der Waals surface area contributed by atoms with Crippen LogP contribution in [0.2, 0.25) is 0 Å². The number of carbonyl (C=O) groups is 1. The zero-order chi connectivity index (χ0) is 15.3. The molecule has 2 N–H and O–H groups in total. The number of nitrogens with zero attached hydrogens (tertiary/aromatic N) is 2. The number of rotatable bonds is 7. The molecule has 0 saturated carbocycles. The lowest BCUT2D eigenvalue weighted by molar-refractivity contribution is -0.385. The van der Waals surface area contributed by atoms with Gasteiger partial charge in [-0.3, -0.25) is 10.1 Å². The van der Waals surface area contributed by atoms with E-state index in [-0.39, 0.29) is 5.56 Å². The summed E-state index contributed by atoms with van der Waals surface area (Å²) in [6.07, 6.45) is 0. The quantitative estimate of drug-likeness (QED) is 0.586. The third-order valence-corrected chi connectivity index (χ3v) is 3.10. The highest BCUT2D eigenvalue weighted by Crippen LogP contribution is 2.22. The van der Waals surface area contributed by atoms with Crippen LogP contribution in [0.25, 0.3) is 0 Å². The van der Waals surface area contributed by atoms with E-state index in [9.17, 15) is 14.9 Å². The summed E-state index contributed by atoms with van der Waals surface area (Å²) in [7, 11) is 1.99. The average molecular weight is 281 g/mol. The van der Waals surface area contributed by atoms with Gasteiger partial charge in [0.25, 0.3) is 5.69 Å². The van der Waals surface area contributed by atoms with Gasteiger partial charge in [0.2, 0.25) is 0 Å². The average Bonchev–Trinajstić information content (AvgIpc) is 2.37. The summed E-state index contributed by atoms with van der Waals surface area (Å²) in [4.78, 5) is 23.2. The van der Waals surface area contributed by atoms with Crippen LogP contribution in [0.1, 0.15) is 24.2 Å². The van der Waals surface area contributed by atoms with E-state index in [1.165, 1.54) is 18.2 Å². The van der Waals surface area contributed by atoms with Gasteiger partial charge < -0.3 is 15.3 Å². The number of benzene rings is 1. The highest BCUT2D eigenvalue weighted by molar-refractivity contribution is 5.93. The summed E-state index contributed by atoms with van der Waals surface area (Å²) in [5, 5.41) is 22.8. The summed E-state index contributed by atoms with van der Waals surface area (Å²) in [6, 6.07) is 4.43. The molecule has 0 spiro atoms. The van der Waals surface area contributed by atoms with Crippen LogP contribution in [0.4, 0.5) is 11.4 Å². The number of carboxylic acid groups (broad SMARTS) is 1. The predicted molar refractivity (Wildman–Crippen MR) is 76.3 cm³/mol. The lowest BCUT2D eigenvalue weighted by Gasteiger charge is -2.21. The first-order valence-electron chi connectivity index (χ1n) is 6.28.